The van der Waals surface area contributed by atoms with Crippen LogP contribution in [-0.4, -0.2) is 46.9 Å². The molecule has 0 aromatic carbocycles. The maximum atomic E-state index is 13.2. The summed E-state index contributed by atoms with van der Waals surface area (Å²) in [4.78, 5) is 26.1. The van der Waals surface area contributed by atoms with E-state index in [1.165, 1.54) is 180 Å². The van der Waals surface area contributed by atoms with Gasteiger partial charge in [-0.05, 0) is 44.9 Å². The van der Waals surface area contributed by atoms with E-state index in [0.717, 1.165) is 57.8 Å². The van der Waals surface area contributed by atoms with E-state index in [1.54, 1.807) is 0 Å². The fourth-order valence-corrected chi connectivity index (χ4v) is 8.25. The highest BCUT2D eigenvalue weighted by molar-refractivity contribution is 5.77. The van der Waals surface area contributed by atoms with E-state index in [0.29, 0.717) is 19.3 Å². The molecule has 0 aromatic heterocycles. The van der Waals surface area contributed by atoms with Gasteiger partial charge < -0.3 is 20.3 Å². The Morgan fingerprint density at radius 2 is 0.850 bits per heavy atom. The molecule has 0 aliphatic carbocycles. The Morgan fingerprint density at radius 3 is 1.27 bits per heavy atom. The van der Waals surface area contributed by atoms with E-state index in [-0.39, 0.29) is 24.9 Å². The third kappa shape index (κ3) is 43.0. The molecule has 1 amide bonds. The molecule has 0 rings (SSSR count). The van der Waals surface area contributed by atoms with E-state index in [2.05, 4.69) is 50.4 Å². The lowest BCUT2D eigenvalue weighted by atomic mass is 10.0. The van der Waals surface area contributed by atoms with Crippen LogP contribution in [0.1, 0.15) is 284 Å². The van der Waals surface area contributed by atoms with Gasteiger partial charge in [0.2, 0.25) is 5.91 Å². The standard InChI is InChI=1S/C54H103NO5/c1-4-7-10-13-16-19-22-25-28-30-33-36-39-42-45-50(60-54(59)47-44-41-38-35-32-27-24-21-18-15-12-9-6-3)48-53(58)55-51(49-56)52(57)46-43-40-37-34-31-29-26-23-20-17-14-11-8-5-2/h28,30,33,36,50-52,56-57H,4-27,29,31-32,34-35,37-49H2,1-3H3,(H,55,58)/b30-28+,36-33+. The largest absolute Gasteiger partial charge is 0.462 e. The number of esters is 1. The minimum atomic E-state index is -0.795. The fraction of sp³-hybridized carbons (Fsp3) is 0.889. The molecule has 3 N–H and O–H groups in total. The number of allylic oxidation sites excluding steroid dienone is 4. The van der Waals surface area contributed by atoms with Crippen molar-refractivity contribution in [1.29, 1.82) is 0 Å². The molecule has 0 bridgehead atoms. The molecule has 60 heavy (non-hydrogen) atoms. The summed E-state index contributed by atoms with van der Waals surface area (Å²) >= 11 is 0. The first kappa shape index (κ1) is 58.3. The van der Waals surface area contributed by atoms with E-state index < -0.39 is 18.2 Å². The number of aliphatic hydroxyl groups is 2. The Balaban J connectivity index is 4.60. The first-order chi connectivity index (χ1) is 29.5. The van der Waals surface area contributed by atoms with E-state index in [1.807, 2.05) is 0 Å². The molecule has 0 spiro atoms. The van der Waals surface area contributed by atoms with Crippen molar-refractivity contribution in [2.75, 3.05) is 6.61 Å². The maximum absolute atomic E-state index is 13.2. The third-order valence-electron chi connectivity index (χ3n) is 12.3. The van der Waals surface area contributed by atoms with Gasteiger partial charge in [-0.1, -0.05) is 251 Å². The summed E-state index contributed by atoms with van der Waals surface area (Å²) in [6, 6.07) is -0.711. The average Bonchev–Trinajstić information content (AvgIpc) is 3.24. The summed E-state index contributed by atoms with van der Waals surface area (Å²) < 4.78 is 5.91. The van der Waals surface area contributed by atoms with Crippen LogP contribution in [0.2, 0.25) is 0 Å². The zero-order valence-corrected chi connectivity index (χ0v) is 40.4. The Bertz CT molecular complexity index is 950. The second-order valence-electron chi connectivity index (χ2n) is 18.3. The summed E-state index contributed by atoms with van der Waals surface area (Å²) in [6.45, 7) is 6.48. The van der Waals surface area contributed by atoms with Gasteiger partial charge in [0.15, 0.2) is 0 Å². The Kier molecular flexibility index (Phi) is 47.0. The van der Waals surface area contributed by atoms with Crippen molar-refractivity contribution in [3.05, 3.63) is 24.3 Å². The second kappa shape index (κ2) is 48.4. The number of nitrogens with one attached hydrogen (secondary N) is 1. The Hall–Kier alpha value is -1.66. The summed E-state index contributed by atoms with van der Waals surface area (Å²) in [5, 5.41) is 23.8. The van der Waals surface area contributed by atoms with Crippen molar-refractivity contribution in [2.45, 2.75) is 302 Å². The molecule has 3 atom stereocenters. The SMILES string of the molecule is CCCCCCCCC/C=C/C=C/CCCC(CC(=O)NC(CO)C(O)CCCCCCCCCCCCCCCC)OC(=O)CCCCCCCCCCCCCCC. The highest BCUT2D eigenvalue weighted by Gasteiger charge is 2.24. The topological polar surface area (TPSA) is 95.9 Å². The van der Waals surface area contributed by atoms with Crippen LogP contribution in [0.15, 0.2) is 24.3 Å². The molecular weight excluding hydrogens is 743 g/mol. The zero-order chi connectivity index (χ0) is 43.8. The molecule has 0 aromatic rings. The van der Waals surface area contributed by atoms with Crippen LogP contribution in [0.5, 0.6) is 0 Å². The number of hydrogen-bond donors (Lipinski definition) is 3. The van der Waals surface area contributed by atoms with Gasteiger partial charge in [-0.25, -0.2) is 0 Å². The van der Waals surface area contributed by atoms with Gasteiger partial charge in [-0.3, -0.25) is 9.59 Å². The molecule has 0 heterocycles. The lowest BCUT2D eigenvalue weighted by Gasteiger charge is -2.24. The van der Waals surface area contributed by atoms with Gasteiger partial charge in [0.05, 0.1) is 25.2 Å². The normalized spacial score (nSPS) is 13.3. The number of carbonyl (C=O) groups excluding carboxylic acids is 2. The average molecular weight is 846 g/mol. The Labute approximate surface area is 373 Å². The van der Waals surface area contributed by atoms with E-state index in [4.69, 9.17) is 4.74 Å². The van der Waals surface area contributed by atoms with Crippen LogP contribution in [0.3, 0.4) is 0 Å². The molecular formula is C54H103NO5. The smallest absolute Gasteiger partial charge is 0.306 e. The van der Waals surface area contributed by atoms with Crippen molar-refractivity contribution in [1.82, 2.24) is 5.32 Å². The summed E-state index contributed by atoms with van der Waals surface area (Å²) in [6.07, 6.45) is 55.3. The van der Waals surface area contributed by atoms with Crippen LogP contribution in [-0.2, 0) is 14.3 Å². The van der Waals surface area contributed by atoms with Crippen LogP contribution < -0.4 is 5.32 Å². The molecule has 0 aliphatic rings. The zero-order valence-electron chi connectivity index (χ0n) is 40.4. The van der Waals surface area contributed by atoms with Gasteiger partial charge >= 0.3 is 5.97 Å². The molecule has 3 unspecified atom stereocenters. The molecule has 0 aliphatic heterocycles. The molecule has 0 fully saturated rings. The molecule has 0 saturated heterocycles. The highest BCUT2D eigenvalue weighted by Crippen LogP contribution is 2.18. The highest BCUT2D eigenvalue weighted by atomic mass is 16.5. The van der Waals surface area contributed by atoms with Crippen molar-refractivity contribution in [2.24, 2.45) is 0 Å². The van der Waals surface area contributed by atoms with Gasteiger partial charge in [0, 0.05) is 6.42 Å². The predicted octanol–water partition coefficient (Wildman–Crippen LogP) is 15.9. The summed E-state index contributed by atoms with van der Waals surface area (Å²) in [5.41, 5.74) is 0. The van der Waals surface area contributed by atoms with Crippen LogP contribution in [0, 0.1) is 0 Å². The second-order valence-corrected chi connectivity index (χ2v) is 18.3. The van der Waals surface area contributed by atoms with Gasteiger partial charge in [-0.15, -0.1) is 0 Å². The monoisotopic (exact) mass is 846 g/mol. The van der Waals surface area contributed by atoms with Crippen LogP contribution >= 0.6 is 0 Å². The summed E-state index contributed by atoms with van der Waals surface area (Å²) in [5.74, 6) is -0.507. The van der Waals surface area contributed by atoms with E-state index >= 15 is 0 Å². The van der Waals surface area contributed by atoms with Gasteiger partial charge in [-0.2, -0.15) is 0 Å². The molecule has 0 radical (unpaired) electrons. The minimum absolute atomic E-state index is 0.0501. The quantitative estimate of drug-likeness (QED) is 0.0322. The van der Waals surface area contributed by atoms with Gasteiger partial charge in [0.1, 0.15) is 6.10 Å². The van der Waals surface area contributed by atoms with Gasteiger partial charge in [0.25, 0.3) is 0 Å². The molecule has 0 saturated carbocycles. The van der Waals surface area contributed by atoms with Crippen LogP contribution in [0.25, 0.3) is 0 Å². The van der Waals surface area contributed by atoms with Crippen molar-refractivity contribution in [3.63, 3.8) is 0 Å². The number of aliphatic hydroxyl groups excluding tert-OH is 2. The molecule has 6 heteroatoms. The summed E-state index contributed by atoms with van der Waals surface area (Å²) in [7, 11) is 0. The number of carbonyl (C=O) groups is 2. The lowest BCUT2D eigenvalue weighted by molar-refractivity contribution is -0.151. The Morgan fingerprint density at radius 1 is 0.483 bits per heavy atom. The first-order valence-corrected chi connectivity index (χ1v) is 26.6. The number of rotatable bonds is 48. The van der Waals surface area contributed by atoms with Crippen molar-refractivity contribution < 1.29 is 24.5 Å². The maximum Gasteiger partial charge on any atom is 0.306 e. The van der Waals surface area contributed by atoms with E-state index in [9.17, 15) is 19.8 Å². The predicted molar refractivity (Wildman–Crippen MR) is 260 cm³/mol. The minimum Gasteiger partial charge on any atom is -0.462 e. The molecule has 6 nitrogen and oxygen atoms in total. The number of amides is 1. The fourth-order valence-electron chi connectivity index (χ4n) is 8.25. The third-order valence-corrected chi connectivity index (χ3v) is 12.3. The number of hydrogen-bond acceptors (Lipinski definition) is 5. The van der Waals surface area contributed by atoms with Crippen LogP contribution in [0.4, 0.5) is 0 Å². The molecule has 354 valence electrons. The lowest BCUT2D eigenvalue weighted by Crippen LogP contribution is -2.46. The number of unbranched alkanes of at least 4 members (excludes halogenated alkanes) is 33. The van der Waals surface area contributed by atoms with Crippen molar-refractivity contribution >= 4 is 11.9 Å². The first-order valence-electron chi connectivity index (χ1n) is 26.6. The number of ether oxygens (including phenoxy) is 1. The van der Waals surface area contributed by atoms with Crippen molar-refractivity contribution in [3.8, 4) is 0 Å².